The van der Waals surface area contributed by atoms with Crippen molar-refractivity contribution in [3.8, 4) is 0 Å². The van der Waals surface area contributed by atoms with Crippen molar-refractivity contribution in [2.45, 2.75) is 70.7 Å². The average molecular weight is 419 g/mol. The van der Waals surface area contributed by atoms with Gasteiger partial charge in [-0.3, -0.25) is 9.59 Å². The first-order valence-corrected chi connectivity index (χ1v) is 9.77. The van der Waals surface area contributed by atoms with E-state index in [9.17, 15) is 24.3 Å². The lowest BCUT2D eigenvalue weighted by atomic mass is 9.99. The van der Waals surface area contributed by atoms with E-state index in [1.54, 1.807) is 13.8 Å². The lowest BCUT2D eigenvalue weighted by Crippen LogP contribution is -2.56. The van der Waals surface area contributed by atoms with Gasteiger partial charge in [0.1, 0.15) is 12.1 Å². The number of amides is 4. The number of nitrogens with one attached hydrogen (secondary N) is 2. The van der Waals surface area contributed by atoms with E-state index in [0.29, 0.717) is 12.8 Å². The van der Waals surface area contributed by atoms with Gasteiger partial charge in [-0.05, 0) is 25.2 Å². The van der Waals surface area contributed by atoms with Gasteiger partial charge in [0.2, 0.25) is 11.8 Å². The van der Waals surface area contributed by atoms with Gasteiger partial charge in [-0.25, -0.2) is 9.59 Å². The van der Waals surface area contributed by atoms with E-state index in [2.05, 4.69) is 23.3 Å². The molecule has 0 aliphatic heterocycles. The Morgan fingerprint density at radius 1 is 1.21 bits per heavy atom. The first-order chi connectivity index (χ1) is 12.8. The van der Waals surface area contributed by atoms with Gasteiger partial charge in [0.05, 0.1) is 0 Å². The molecule has 162 valence electrons. The van der Waals surface area contributed by atoms with Crippen LogP contribution in [0.4, 0.5) is 4.79 Å². The van der Waals surface area contributed by atoms with Crippen LogP contribution < -0.4 is 16.4 Å². The second kappa shape index (κ2) is 11.8. The van der Waals surface area contributed by atoms with Crippen molar-refractivity contribution in [2.75, 3.05) is 13.1 Å². The van der Waals surface area contributed by atoms with Crippen LogP contribution in [0.3, 0.4) is 0 Å². The molecule has 0 aliphatic carbocycles. The third-order valence-electron chi connectivity index (χ3n) is 4.15. The molecule has 0 aromatic carbocycles. The predicted octanol–water partition coefficient (Wildman–Crippen LogP) is 0.976. The Labute approximate surface area is 172 Å². The van der Waals surface area contributed by atoms with Crippen molar-refractivity contribution in [1.82, 2.24) is 15.5 Å². The molecule has 0 aliphatic rings. The fourth-order valence-corrected chi connectivity index (χ4v) is 2.74. The highest BCUT2D eigenvalue weighted by molar-refractivity contribution is 7.81. The van der Waals surface area contributed by atoms with Crippen molar-refractivity contribution >= 4 is 36.4 Å². The third-order valence-corrected chi connectivity index (χ3v) is 4.38. The minimum Gasteiger partial charge on any atom is -0.480 e. The highest BCUT2D eigenvalue weighted by Crippen LogP contribution is 2.21. The zero-order valence-electron chi connectivity index (χ0n) is 17.3. The maximum absolute atomic E-state index is 13.2. The van der Waals surface area contributed by atoms with Crippen molar-refractivity contribution in [3.63, 3.8) is 0 Å². The van der Waals surface area contributed by atoms with Crippen LogP contribution in [-0.4, -0.2) is 63.7 Å². The van der Waals surface area contributed by atoms with Crippen LogP contribution in [0.5, 0.6) is 0 Å². The zero-order valence-corrected chi connectivity index (χ0v) is 18.2. The molecule has 0 fully saturated rings. The van der Waals surface area contributed by atoms with Gasteiger partial charge >= 0.3 is 12.0 Å². The molecule has 4 amide bonds. The SMILES string of the molecule is CC(=O)N[C@H](C(=O)N(CCC(C)(C)S)[C@@H](CCCNC(N)=O)C(=O)O)C(C)C. The van der Waals surface area contributed by atoms with Crippen molar-refractivity contribution in [3.05, 3.63) is 0 Å². The summed E-state index contributed by atoms with van der Waals surface area (Å²) in [6.45, 7) is 9.01. The molecule has 9 nitrogen and oxygen atoms in total. The van der Waals surface area contributed by atoms with Crippen LogP contribution in [0.15, 0.2) is 0 Å². The molecule has 10 heteroatoms. The molecule has 0 aromatic heterocycles. The van der Waals surface area contributed by atoms with Crippen LogP contribution in [0.25, 0.3) is 0 Å². The number of carbonyl (C=O) groups is 4. The summed E-state index contributed by atoms with van der Waals surface area (Å²) in [5.74, 6) is -2.17. The van der Waals surface area contributed by atoms with Gasteiger partial charge in [0.25, 0.3) is 0 Å². The molecular weight excluding hydrogens is 384 g/mol. The number of carboxylic acids is 1. The number of thiol groups is 1. The zero-order chi connectivity index (χ0) is 22.1. The number of aliphatic carboxylic acids is 1. The maximum Gasteiger partial charge on any atom is 0.326 e. The number of hydrogen-bond acceptors (Lipinski definition) is 5. The number of carbonyl (C=O) groups excluding carboxylic acids is 3. The van der Waals surface area contributed by atoms with Crippen LogP contribution >= 0.6 is 12.6 Å². The van der Waals surface area contributed by atoms with Crippen LogP contribution in [0, 0.1) is 5.92 Å². The molecule has 0 saturated carbocycles. The Kier molecular flexibility index (Phi) is 10.9. The number of hydrogen-bond donors (Lipinski definition) is 5. The van der Waals surface area contributed by atoms with E-state index in [4.69, 9.17) is 5.73 Å². The average Bonchev–Trinajstić information content (AvgIpc) is 2.52. The summed E-state index contributed by atoms with van der Waals surface area (Å²) in [5, 5.41) is 14.7. The fraction of sp³-hybridized carbons (Fsp3) is 0.778. The second-order valence-corrected chi connectivity index (χ2v) is 9.01. The minimum atomic E-state index is -1.14. The summed E-state index contributed by atoms with van der Waals surface area (Å²) >= 11 is 4.46. The fourth-order valence-electron chi connectivity index (χ4n) is 2.64. The maximum atomic E-state index is 13.2. The highest BCUT2D eigenvalue weighted by atomic mass is 32.1. The van der Waals surface area contributed by atoms with Crippen molar-refractivity contribution < 1.29 is 24.3 Å². The van der Waals surface area contributed by atoms with Gasteiger partial charge in [0.15, 0.2) is 0 Å². The van der Waals surface area contributed by atoms with Gasteiger partial charge in [0, 0.05) is 24.8 Å². The molecule has 2 atom stereocenters. The summed E-state index contributed by atoms with van der Waals surface area (Å²) < 4.78 is -0.406. The van der Waals surface area contributed by atoms with E-state index in [1.807, 2.05) is 13.8 Å². The molecule has 0 saturated heterocycles. The molecule has 0 aromatic rings. The number of primary amides is 1. The molecule has 0 heterocycles. The predicted molar refractivity (Wildman–Crippen MR) is 110 cm³/mol. The molecule has 0 unspecified atom stereocenters. The van der Waals surface area contributed by atoms with E-state index in [0.717, 1.165) is 0 Å². The monoisotopic (exact) mass is 418 g/mol. The van der Waals surface area contributed by atoms with Crippen molar-refractivity contribution in [2.24, 2.45) is 11.7 Å². The van der Waals surface area contributed by atoms with E-state index >= 15 is 0 Å². The number of rotatable bonds is 12. The van der Waals surface area contributed by atoms with Crippen molar-refractivity contribution in [1.29, 1.82) is 0 Å². The van der Waals surface area contributed by atoms with E-state index in [1.165, 1.54) is 11.8 Å². The number of nitrogens with zero attached hydrogens (tertiary/aromatic N) is 1. The van der Waals surface area contributed by atoms with Crippen LogP contribution in [-0.2, 0) is 14.4 Å². The Bertz CT molecular complexity index is 563. The third kappa shape index (κ3) is 10.4. The van der Waals surface area contributed by atoms with Crippen LogP contribution in [0.2, 0.25) is 0 Å². The van der Waals surface area contributed by atoms with Gasteiger partial charge in [-0.2, -0.15) is 12.6 Å². The topological polar surface area (TPSA) is 142 Å². The molecular formula is C18H34N4O5S. The number of urea groups is 1. The largest absolute Gasteiger partial charge is 0.480 e. The lowest BCUT2D eigenvalue weighted by Gasteiger charge is -2.35. The molecule has 0 bridgehead atoms. The second-order valence-electron chi connectivity index (χ2n) is 7.80. The number of nitrogens with two attached hydrogens (primary N) is 1. The Morgan fingerprint density at radius 2 is 1.79 bits per heavy atom. The first kappa shape index (κ1) is 26.0. The van der Waals surface area contributed by atoms with Gasteiger partial charge in [-0.15, -0.1) is 0 Å². The smallest absolute Gasteiger partial charge is 0.326 e. The molecule has 5 N–H and O–H groups in total. The standard InChI is InChI=1S/C18H34N4O5S/c1-11(2)14(21-12(3)23)15(24)22(10-8-18(4,5)28)13(16(25)26)7-6-9-20-17(19)27/h11,13-14,28H,6-10H2,1-5H3,(H,21,23)(H,25,26)(H3,19,20,27)/t13-,14-/m0/s1. The van der Waals surface area contributed by atoms with Gasteiger partial charge in [-0.1, -0.05) is 27.7 Å². The summed E-state index contributed by atoms with van der Waals surface area (Å²) in [6.07, 6.45) is 0.940. The molecule has 0 radical (unpaired) electrons. The number of carboxylic acid groups (broad SMARTS) is 1. The Balaban J connectivity index is 5.57. The van der Waals surface area contributed by atoms with Crippen LogP contribution in [0.1, 0.15) is 53.9 Å². The quantitative estimate of drug-likeness (QED) is 0.237. The molecule has 0 rings (SSSR count). The minimum absolute atomic E-state index is 0.138. The molecule has 0 spiro atoms. The molecule has 28 heavy (non-hydrogen) atoms. The van der Waals surface area contributed by atoms with E-state index in [-0.39, 0.29) is 31.3 Å². The normalized spacial score (nSPS) is 13.5. The highest BCUT2D eigenvalue weighted by Gasteiger charge is 2.35. The lowest BCUT2D eigenvalue weighted by molar-refractivity contribution is -0.152. The summed E-state index contributed by atoms with van der Waals surface area (Å²) in [6, 6.07) is -2.61. The Morgan fingerprint density at radius 3 is 2.18 bits per heavy atom. The Hall–Kier alpha value is -1.97. The summed E-state index contributed by atoms with van der Waals surface area (Å²) in [4.78, 5) is 48.7. The van der Waals surface area contributed by atoms with Gasteiger partial charge < -0.3 is 26.4 Å². The van der Waals surface area contributed by atoms with E-state index < -0.39 is 34.7 Å². The summed E-state index contributed by atoms with van der Waals surface area (Å²) in [5.41, 5.74) is 5.01. The summed E-state index contributed by atoms with van der Waals surface area (Å²) in [7, 11) is 0. The first-order valence-electron chi connectivity index (χ1n) is 9.32.